The molecular weight excluding hydrogens is 364 g/mol. The minimum atomic E-state index is -2.99. The molecule has 0 fully saturated rings. The first-order chi connectivity index (χ1) is 13.6. The molecule has 0 amide bonds. The van der Waals surface area contributed by atoms with E-state index in [2.05, 4.69) is 9.72 Å². The maximum Gasteiger partial charge on any atom is 0.387 e. The lowest BCUT2D eigenvalue weighted by Gasteiger charge is -2.09. The Hall–Kier alpha value is -3.25. The van der Waals surface area contributed by atoms with Gasteiger partial charge in [0.05, 0.1) is 6.61 Å². The van der Waals surface area contributed by atoms with E-state index in [1.165, 1.54) is 12.1 Å². The predicted molar refractivity (Wildman–Crippen MR) is 102 cm³/mol. The fraction of sp³-hybridized carbons (Fsp3) is 0.136. The van der Waals surface area contributed by atoms with Crippen molar-refractivity contribution in [3.05, 3.63) is 71.8 Å². The molecule has 1 heterocycles. The third-order valence-electron chi connectivity index (χ3n) is 4.61. The van der Waals surface area contributed by atoms with Crippen LogP contribution in [0.4, 0.5) is 8.78 Å². The van der Waals surface area contributed by atoms with Crippen LogP contribution >= 0.6 is 0 Å². The molecule has 0 bridgehead atoms. The highest BCUT2D eigenvalue weighted by Crippen LogP contribution is 2.35. The Labute approximate surface area is 160 Å². The van der Waals surface area contributed by atoms with Crippen molar-refractivity contribution in [3.63, 3.8) is 0 Å². The van der Waals surface area contributed by atoms with Gasteiger partial charge in [0, 0.05) is 17.2 Å². The largest absolute Gasteiger partial charge is 0.436 e. The van der Waals surface area contributed by atoms with Crippen LogP contribution in [0.5, 0.6) is 5.75 Å². The highest BCUT2D eigenvalue weighted by Gasteiger charge is 2.17. The van der Waals surface area contributed by atoms with E-state index in [-0.39, 0.29) is 11.3 Å². The Morgan fingerprint density at radius 3 is 2.50 bits per heavy atom. The zero-order valence-corrected chi connectivity index (χ0v) is 15.0. The van der Waals surface area contributed by atoms with E-state index in [0.717, 1.165) is 22.3 Å². The molecule has 0 aliphatic carbocycles. The second kappa shape index (κ2) is 7.40. The fourth-order valence-electron chi connectivity index (χ4n) is 3.24. The molecule has 0 atom stereocenters. The van der Waals surface area contributed by atoms with Gasteiger partial charge in [0.15, 0.2) is 5.58 Å². The Kier molecular flexibility index (Phi) is 4.79. The van der Waals surface area contributed by atoms with Crippen molar-refractivity contribution in [1.82, 2.24) is 4.98 Å². The van der Waals surface area contributed by atoms with Crippen LogP contribution in [0, 0.1) is 6.92 Å². The number of oxazole rings is 1. The number of aliphatic hydroxyl groups excluding tert-OH is 1. The summed E-state index contributed by atoms with van der Waals surface area (Å²) in [5.74, 6) is 0.255. The average molecular weight is 381 g/mol. The number of nitrogens with zero attached hydrogens (tertiary/aromatic N) is 1. The number of aromatic nitrogens is 1. The van der Waals surface area contributed by atoms with E-state index < -0.39 is 13.2 Å². The first kappa shape index (κ1) is 18.1. The molecule has 142 valence electrons. The molecule has 1 N–H and O–H groups in total. The fourth-order valence-corrected chi connectivity index (χ4v) is 3.24. The monoisotopic (exact) mass is 381 g/mol. The Morgan fingerprint density at radius 2 is 1.79 bits per heavy atom. The van der Waals surface area contributed by atoms with Crippen molar-refractivity contribution < 1.29 is 23.0 Å². The highest BCUT2D eigenvalue weighted by molar-refractivity contribution is 5.81. The van der Waals surface area contributed by atoms with Crippen LogP contribution in [0.2, 0.25) is 0 Å². The van der Waals surface area contributed by atoms with Crippen LogP contribution in [0.25, 0.3) is 33.7 Å². The van der Waals surface area contributed by atoms with Crippen LogP contribution < -0.4 is 4.74 Å². The quantitative estimate of drug-likeness (QED) is 0.491. The van der Waals surface area contributed by atoms with Gasteiger partial charge in [-0.25, -0.2) is 4.98 Å². The Bertz CT molecular complexity index is 1120. The summed E-state index contributed by atoms with van der Waals surface area (Å²) in [6, 6.07) is 18.6. The molecule has 0 unspecified atom stereocenters. The van der Waals surface area contributed by atoms with Gasteiger partial charge in [-0.05, 0) is 35.7 Å². The van der Waals surface area contributed by atoms with Gasteiger partial charge >= 0.3 is 6.61 Å². The maximum absolute atomic E-state index is 12.6. The Balaban J connectivity index is 1.82. The van der Waals surface area contributed by atoms with Crippen molar-refractivity contribution in [2.24, 2.45) is 0 Å². The van der Waals surface area contributed by atoms with Gasteiger partial charge in [-0.15, -0.1) is 0 Å². The van der Waals surface area contributed by atoms with Crippen molar-refractivity contribution in [2.75, 3.05) is 0 Å². The standard InChI is InChI=1S/C22H17F2NO3/c1-13-16(14-6-3-2-4-7-14)8-5-9-17(13)21-25-18-10-15(12-26)19(28-22(23)24)11-20(18)27-21/h2-11,22,26H,12H2,1H3. The lowest BCUT2D eigenvalue weighted by molar-refractivity contribution is -0.0508. The molecule has 0 aliphatic heterocycles. The molecule has 4 aromatic rings. The number of hydrogen-bond donors (Lipinski definition) is 1. The molecule has 0 radical (unpaired) electrons. The van der Waals surface area contributed by atoms with Crippen molar-refractivity contribution in [1.29, 1.82) is 0 Å². The predicted octanol–water partition coefficient (Wildman–Crippen LogP) is 5.56. The maximum atomic E-state index is 12.6. The van der Waals surface area contributed by atoms with Crippen LogP contribution in [0.15, 0.2) is 65.1 Å². The molecule has 4 rings (SSSR count). The SMILES string of the molecule is Cc1c(-c2ccccc2)cccc1-c1nc2cc(CO)c(OC(F)F)cc2o1. The van der Waals surface area contributed by atoms with Gasteiger partial charge in [0.2, 0.25) is 5.89 Å². The van der Waals surface area contributed by atoms with Gasteiger partial charge < -0.3 is 14.3 Å². The minimum Gasteiger partial charge on any atom is -0.436 e. The zero-order valence-electron chi connectivity index (χ0n) is 15.0. The molecule has 1 aromatic heterocycles. The van der Waals surface area contributed by atoms with Gasteiger partial charge in [0.1, 0.15) is 11.3 Å². The van der Waals surface area contributed by atoms with Gasteiger partial charge in [-0.2, -0.15) is 8.78 Å². The summed E-state index contributed by atoms with van der Waals surface area (Å²) in [5, 5.41) is 9.44. The molecule has 6 heteroatoms. The smallest absolute Gasteiger partial charge is 0.387 e. The third kappa shape index (κ3) is 3.34. The van der Waals surface area contributed by atoms with E-state index in [1.54, 1.807) is 0 Å². The number of rotatable bonds is 5. The summed E-state index contributed by atoms with van der Waals surface area (Å²) in [6.45, 7) is -1.45. The number of hydrogen-bond acceptors (Lipinski definition) is 4. The number of alkyl halides is 2. The van der Waals surface area contributed by atoms with Crippen molar-refractivity contribution in [2.45, 2.75) is 20.1 Å². The van der Waals surface area contributed by atoms with Gasteiger partial charge in [0.25, 0.3) is 0 Å². The first-order valence-electron chi connectivity index (χ1n) is 8.71. The third-order valence-corrected chi connectivity index (χ3v) is 4.61. The number of fused-ring (bicyclic) bond motifs is 1. The number of ether oxygens (including phenoxy) is 1. The molecule has 0 saturated heterocycles. The normalized spacial score (nSPS) is 11.3. The second-order valence-corrected chi connectivity index (χ2v) is 6.33. The molecule has 28 heavy (non-hydrogen) atoms. The van der Waals surface area contributed by atoms with E-state index in [4.69, 9.17) is 4.42 Å². The van der Waals surface area contributed by atoms with Crippen molar-refractivity contribution >= 4 is 11.1 Å². The summed E-state index contributed by atoms with van der Waals surface area (Å²) in [4.78, 5) is 4.49. The lowest BCUT2D eigenvalue weighted by atomic mass is 9.96. The summed E-state index contributed by atoms with van der Waals surface area (Å²) in [6.07, 6.45) is 0. The molecule has 0 aliphatic rings. The number of aliphatic hydroxyl groups is 1. The Morgan fingerprint density at radius 1 is 1.04 bits per heavy atom. The highest BCUT2D eigenvalue weighted by atomic mass is 19.3. The van der Waals surface area contributed by atoms with Gasteiger partial charge in [-0.3, -0.25) is 0 Å². The zero-order chi connectivity index (χ0) is 19.7. The molecule has 0 spiro atoms. The van der Waals surface area contributed by atoms with E-state index >= 15 is 0 Å². The summed E-state index contributed by atoms with van der Waals surface area (Å²) < 4.78 is 35.5. The molecule has 0 saturated carbocycles. The lowest BCUT2D eigenvalue weighted by Crippen LogP contribution is -2.04. The van der Waals surface area contributed by atoms with E-state index in [9.17, 15) is 13.9 Å². The minimum absolute atomic E-state index is 0.123. The summed E-state index contributed by atoms with van der Waals surface area (Å²) >= 11 is 0. The van der Waals surface area contributed by atoms with E-state index in [0.29, 0.717) is 17.0 Å². The van der Waals surface area contributed by atoms with Crippen molar-refractivity contribution in [3.8, 4) is 28.3 Å². The van der Waals surface area contributed by atoms with Crippen LogP contribution in [-0.4, -0.2) is 16.7 Å². The van der Waals surface area contributed by atoms with Gasteiger partial charge in [-0.1, -0.05) is 42.5 Å². The number of benzene rings is 3. The van der Waals surface area contributed by atoms with Crippen LogP contribution in [0.1, 0.15) is 11.1 Å². The molecular formula is C22H17F2NO3. The topological polar surface area (TPSA) is 55.5 Å². The average Bonchev–Trinajstić information content (AvgIpc) is 3.10. The summed E-state index contributed by atoms with van der Waals surface area (Å²) in [5.41, 5.74) is 4.93. The molecule has 4 nitrogen and oxygen atoms in total. The van der Waals surface area contributed by atoms with Crippen LogP contribution in [0.3, 0.4) is 0 Å². The second-order valence-electron chi connectivity index (χ2n) is 6.33. The molecule has 3 aromatic carbocycles. The van der Waals surface area contributed by atoms with Crippen LogP contribution in [-0.2, 0) is 6.61 Å². The number of halogens is 2. The van der Waals surface area contributed by atoms with E-state index in [1.807, 2.05) is 55.5 Å². The first-order valence-corrected chi connectivity index (χ1v) is 8.71. The summed E-state index contributed by atoms with van der Waals surface area (Å²) in [7, 11) is 0.